The molecule has 0 aliphatic heterocycles. The van der Waals surface area contributed by atoms with Crippen molar-refractivity contribution in [3.63, 3.8) is 0 Å². The number of amides is 1. The number of aromatic nitrogens is 1. The molecule has 130 valence electrons. The number of thiazole rings is 1. The molecule has 2 heterocycles. The van der Waals surface area contributed by atoms with E-state index in [1.165, 1.54) is 24.5 Å². The van der Waals surface area contributed by atoms with Crippen LogP contribution in [0.1, 0.15) is 10.4 Å². The summed E-state index contributed by atoms with van der Waals surface area (Å²) < 4.78 is 7.71. The van der Waals surface area contributed by atoms with E-state index in [0.717, 1.165) is 16.0 Å². The molecule has 0 aliphatic carbocycles. The van der Waals surface area contributed by atoms with Crippen molar-refractivity contribution in [1.29, 1.82) is 0 Å². The van der Waals surface area contributed by atoms with Crippen LogP contribution < -0.4 is 4.80 Å². The van der Waals surface area contributed by atoms with Gasteiger partial charge in [-0.1, -0.05) is 52.2 Å². The lowest BCUT2D eigenvalue weighted by Crippen LogP contribution is -2.22. The smallest absolute Gasteiger partial charge is 0.325 e. The number of methoxy groups -OCH3 is 1. The van der Waals surface area contributed by atoms with E-state index in [9.17, 15) is 9.59 Å². The van der Waals surface area contributed by atoms with Crippen LogP contribution in [0.2, 0.25) is 13.7 Å². The summed E-state index contributed by atoms with van der Waals surface area (Å²) in [6, 6.07) is 6.78. The Kier molecular flexibility index (Phi) is 5.50. The van der Waals surface area contributed by atoms with Gasteiger partial charge in [0, 0.05) is 0 Å². The van der Waals surface area contributed by atoms with Crippen molar-refractivity contribution in [2.24, 2.45) is 4.99 Å². The van der Waals surface area contributed by atoms with Crippen LogP contribution in [0, 0.1) is 0 Å². The third kappa shape index (κ3) is 3.75. The fraction of sp³-hybridized carbons (Fsp3) is 0.133. The molecule has 0 spiro atoms. The number of para-hydroxylation sites is 1. The van der Waals surface area contributed by atoms with Gasteiger partial charge in [-0.05, 0) is 18.2 Å². The topological polar surface area (TPSA) is 60.7 Å². The lowest BCUT2D eigenvalue weighted by molar-refractivity contribution is -0.141. The van der Waals surface area contributed by atoms with Gasteiger partial charge in [0.25, 0.3) is 5.91 Å². The van der Waals surface area contributed by atoms with Crippen LogP contribution in [0.25, 0.3) is 10.2 Å². The maximum atomic E-state index is 12.5. The predicted molar refractivity (Wildman–Crippen MR) is 101 cm³/mol. The molecule has 3 rings (SSSR count). The summed E-state index contributed by atoms with van der Waals surface area (Å²) in [7, 11) is 1.29. The molecule has 0 atom stereocenters. The number of carbonyl (C=O) groups excluding carboxylic acids is 2. The summed E-state index contributed by atoms with van der Waals surface area (Å²) in [4.78, 5) is 28.6. The van der Waals surface area contributed by atoms with Crippen molar-refractivity contribution in [1.82, 2.24) is 4.57 Å². The fourth-order valence-electron chi connectivity index (χ4n) is 2.15. The first-order valence-electron chi connectivity index (χ1n) is 6.79. The van der Waals surface area contributed by atoms with Gasteiger partial charge in [0.05, 0.1) is 32.2 Å². The Morgan fingerprint density at radius 2 is 2.00 bits per heavy atom. The Balaban J connectivity index is 2.19. The average Bonchev–Trinajstić information content (AvgIpc) is 3.08. The molecule has 10 heteroatoms. The van der Waals surface area contributed by atoms with Gasteiger partial charge in [0.15, 0.2) is 4.80 Å². The third-order valence-corrected chi connectivity index (χ3v) is 6.09. The molecule has 25 heavy (non-hydrogen) atoms. The molecular weight excluding hydrogens is 427 g/mol. The number of hydrogen-bond acceptors (Lipinski definition) is 5. The highest BCUT2D eigenvalue weighted by Gasteiger charge is 2.17. The van der Waals surface area contributed by atoms with Crippen molar-refractivity contribution < 1.29 is 14.3 Å². The van der Waals surface area contributed by atoms with Gasteiger partial charge in [-0.15, -0.1) is 11.3 Å². The number of esters is 1. The van der Waals surface area contributed by atoms with E-state index in [1.807, 2.05) is 6.07 Å². The Hall–Kier alpha value is -1.38. The molecule has 0 N–H and O–H groups in total. The summed E-state index contributed by atoms with van der Waals surface area (Å²) in [6.07, 6.45) is 0. The number of ether oxygens (including phenoxy) is 1. The maximum absolute atomic E-state index is 12.5. The van der Waals surface area contributed by atoms with Crippen LogP contribution in [0.3, 0.4) is 0 Å². The van der Waals surface area contributed by atoms with Crippen molar-refractivity contribution >= 4 is 79.6 Å². The first-order valence-corrected chi connectivity index (χ1v) is 9.56. The minimum absolute atomic E-state index is 0.121. The van der Waals surface area contributed by atoms with Gasteiger partial charge >= 0.3 is 5.97 Å². The molecule has 0 saturated heterocycles. The van der Waals surface area contributed by atoms with Gasteiger partial charge in [0.2, 0.25) is 0 Å². The third-order valence-electron chi connectivity index (χ3n) is 3.25. The SMILES string of the molecule is COC(=O)Cn1c(=NC(=O)c2cc(Cl)sc2Cl)sc2cccc(Cl)c21. The summed E-state index contributed by atoms with van der Waals surface area (Å²) in [5, 5.41) is 0.447. The van der Waals surface area contributed by atoms with E-state index in [1.54, 1.807) is 16.7 Å². The first kappa shape index (κ1) is 18.4. The van der Waals surface area contributed by atoms with Crippen molar-refractivity contribution in [3.8, 4) is 0 Å². The minimum atomic E-state index is -0.547. The molecule has 2 aromatic heterocycles. The number of carbonyl (C=O) groups is 2. The van der Waals surface area contributed by atoms with Crippen molar-refractivity contribution in [3.05, 3.63) is 48.3 Å². The standard InChI is InChI=1S/C15H9Cl3N2O3S2/c1-23-11(21)6-20-12-8(16)3-2-4-9(12)24-15(20)19-14(22)7-5-10(17)25-13(7)18/h2-5H,6H2,1H3. The van der Waals surface area contributed by atoms with Crippen LogP contribution in [-0.4, -0.2) is 23.6 Å². The molecule has 0 bridgehead atoms. The van der Waals surface area contributed by atoms with Crippen LogP contribution >= 0.6 is 57.5 Å². The largest absolute Gasteiger partial charge is 0.468 e. The summed E-state index contributed by atoms with van der Waals surface area (Å²) >= 11 is 20.5. The highest BCUT2D eigenvalue weighted by molar-refractivity contribution is 7.20. The van der Waals surface area contributed by atoms with Gasteiger partial charge in [-0.2, -0.15) is 4.99 Å². The molecule has 0 unspecified atom stereocenters. The van der Waals surface area contributed by atoms with Crippen molar-refractivity contribution in [2.45, 2.75) is 6.54 Å². The molecule has 0 radical (unpaired) electrons. The molecule has 0 aliphatic rings. The Morgan fingerprint density at radius 1 is 1.24 bits per heavy atom. The van der Waals surface area contributed by atoms with Gasteiger partial charge in [-0.25, -0.2) is 0 Å². The van der Waals surface area contributed by atoms with E-state index >= 15 is 0 Å². The van der Waals surface area contributed by atoms with Gasteiger partial charge < -0.3 is 9.30 Å². The second-order valence-corrected chi connectivity index (χ2v) is 8.49. The van der Waals surface area contributed by atoms with Gasteiger partial charge in [0.1, 0.15) is 10.9 Å². The van der Waals surface area contributed by atoms with Crippen LogP contribution in [0.15, 0.2) is 29.3 Å². The van der Waals surface area contributed by atoms with Crippen LogP contribution in [-0.2, 0) is 16.1 Å². The van der Waals surface area contributed by atoms with E-state index in [-0.39, 0.29) is 16.4 Å². The minimum Gasteiger partial charge on any atom is -0.468 e. The molecule has 1 amide bonds. The highest BCUT2D eigenvalue weighted by atomic mass is 35.5. The lowest BCUT2D eigenvalue weighted by Gasteiger charge is -2.04. The van der Waals surface area contributed by atoms with E-state index in [4.69, 9.17) is 39.5 Å². The number of fused-ring (bicyclic) bond motifs is 1. The molecule has 0 fully saturated rings. The monoisotopic (exact) mass is 434 g/mol. The predicted octanol–water partition coefficient (Wildman–Crippen LogP) is 4.64. The molecular formula is C15H9Cl3N2O3S2. The Bertz CT molecular complexity index is 1050. The second-order valence-electron chi connectivity index (χ2n) is 4.79. The van der Waals surface area contributed by atoms with Crippen LogP contribution in [0.5, 0.6) is 0 Å². The number of halogens is 3. The fourth-order valence-corrected chi connectivity index (χ4v) is 4.98. The zero-order valence-corrected chi connectivity index (χ0v) is 16.5. The number of rotatable bonds is 3. The number of nitrogens with zero attached hydrogens (tertiary/aromatic N) is 2. The van der Waals surface area contributed by atoms with Crippen LogP contribution in [0.4, 0.5) is 0 Å². The average molecular weight is 436 g/mol. The summed E-state index contributed by atoms with van der Waals surface area (Å²) in [5.74, 6) is -1.03. The van der Waals surface area contributed by atoms with Gasteiger partial charge in [-0.3, -0.25) is 9.59 Å². The van der Waals surface area contributed by atoms with E-state index in [0.29, 0.717) is 19.7 Å². The zero-order valence-electron chi connectivity index (χ0n) is 12.6. The molecule has 5 nitrogen and oxygen atoms in total. The number of benzene rings is 1. The van der Waals surface area contributed by atoms with Crippen molar-refractivity contribution in [2.75, 3.05) is 7.11 Å². The molecule has 3 aromatic rings. The molecule has 1 aromatic carbocycles. The summed E-state index contributed by atoms with van der Waals surface area (Å²) in [5.41, 5.74) is 0.824. The van der Waals surface area contributed by atoms with E-state index in [2.05, 4.69) is 4.99 Å². The number of thiophene rings is 1. The first-order chi connectivity index (χ1) is 11.9. The lowest BCUT2D eigenvalue weighted by atomic mass is 10.3. The quantitative estimate of drug-likeness (QED) is 0.563. The Morgan fingerprint density at radius 3 is 2.64 bits per heavy atom. The Labute approximate surface area is 165 Å². The second kappa shape index (κ2) is 7.47. The maximum Gasteiger partial charge on any atom is 0.325 e. The molecule has 0 saturated carbocycles. The zero-order chi connectivity index (χ0) is 18.1. The highest BCUT2D eigenvalue weighted by Crippen LogP contribution is 2.31. The number of hydrogen-bond donors (Lipinski definition) is 0. The van der Waals surface area contributed by atoms with E-state index < -0.39 is 11.9 Å². The summed E-state index contributed by atoms with van der Waals surface area (Å²) in [6.45, 7) is -0.121. The normalized spacial score (nSPS) is 11.9.